The first-order chi connectivity index (χ1) is 19.4. The van der Waals surface area contributed by atoms with E-state index in [2.05, 4.69) is 125 Å². The van der Waals surface area contributed by atoms with E-state index < -0.39 is 0 Å². The lowest BCUT2D eigenvalue weighted by Gasteiger charge is -2.27. The highest BCUT2D eigenvalue weighted by molar-refractivity contribution is 6.10. The molecule has 0 amide bonds. The molecule has 0 atom stereocenters. The van der Waals surface area contributed by atoms with E-state index in [1.807, 2.05) is 24.4 Å². The van der Waals surface area contributed by atoms with E-state index in [4.69, 9.17) is 4.98 Å². The van der Waals surface area contributed by atoms with Gasteiger partial charge in [-0.3, -0.25) is 9.55 Å². The maximum atomic E-state index is 11.6. The molecule has 0 spiro atoms. The summed E-state index contributed by atoms with van der Waals surface area (Å²) in [4.78, 5) is 9.84. The molecule has 3 heterocycles. The third-order valence-electron chi connectivity index (χ3n) is 7.88. The third kappa shape index (κ3) is 4.78. The van der Waals surface area contributed by atoms with Gasteiger partial charge in [0.1, 0.15) is 11.6 Å². The van der Waals surface area contributed by atoms with Crippen molar-refractivity contribution in [1.82, 2.24) is 14.5 Å². The molecule has 206 valence electrons. The summed E-state index contributed by atoms with van der Waals surface area (Å²) in [5.74, 6) is 1.12. The number of hydrogen-bond donors (Lipinski definition) is 1. The number of aromatic nitrogens is 3. The summed E-state index contributed by atoms with van der Waals surface area (Å²) in [6, 6.07) is 29.4. The molecule has 0 bridgehead atoms. The molecule has 0 aliphatic rings. The van der Waals surface area contributed by atoms with Gasteiger partial charge in [0, 0.05) is 33.7 Å². The van der Waals surface area contributed by atoms with Crippen molar-refractivity contribution in [3.63, 3.8) is 0 Å². The van der Waals surface area contributed by atoms with Gasteiger partial charge < -0.3 is 5.11 Å². The Morgan fingerprint density at radius 2 is 1.41 bits per heavy atom. The van der Waals surface area contributed by atoms with Crippen molar-refractivity contribution < 1.29 is 5.11 Å². The molecule has 4 nitrogen and oxygen atoms in total. The van der Waals surface area contributed by atoms with Crippen LogP contribution in [0.15, 0.2) is 91.1 Å². The predicted molar refractivity (Wildman–Crippen MR) is 171 cm³/mol. The van der Waals surface area contributed by atoms with Gasteiger partial charge in [0.05, 0.1) is 22.4 Å². The molecule has 0 radical (unpaired) electrons. The van der Waals surface area contributed by atoms with E-state index >= 15 is 0 Å². The summed E-state index contributed by atoms with van der Waals surface area (Å²) >= 11 is 0. The number of pyridine rings is 2. The fourth-order valence-electron chi connectivity index (χ4n) is 5.65. The highest BCUT2D eigenvalue weighted by atomic mass is 16.3. The number of aryl methyl sites for hydroxylation is 1. The van der Waals surface area contributed by atoms with Crippen LogP contribution in [-0.4, -0.2) is 19.6 Å². The number of nitrogens with zero attached hydrogens (tertiary/aromatic N) is 3. The SMILES string of the molecule is Cc1cc(-c2cc(C(C)(C)C)cc(C(C)(C)C)c2O)nc(-n2c3ccccc3c3ccc(-c4ccccn4)cc32)c1. The van der Waals surface area contributed by atoms with Crippen molar-refractivity contribution in [2.75, 3.05) is 0 Å². The molecule has 4 heteroatoms. The summed E-state index contributed by atoms with van der Waals surface area (Å²) < 4.78 is 2.24. The topological polar surface area (TPSA) is 50.9 Å². The number of phenolic OH excluding ortho intramolecular Hbond substituents is 1. The zero-order chi connectivity index (χ0) is 29.1. The summed E-state index contributed by atoms with van der Waals surface area (Å²) in [6.07, 6.45) is 1.83. The summed E-state index contributed by atoms with van der Waals surface area (Å²) in [5.41, 5.74) is 8.57. The van der Waals surface area contributed by atoms with Crippen LogP contribution in [0.2, 0.25) is 0 Å². The molecule has 1 N–H and O–H groups in total. The van der Waals surface area contributed by atoms with Gasteiger partial charge in [-0.25, -0.2) is 4.98 Å². The highest BCUT2D eigenvalue weighted by Gasteiger charge is 2.26. The fourth-order valence-corrected chi connectivity index (χ4v) is 5.65. The Bertz CT molecular complexity index is 1920. The van der Waals surface area contributed by atoms with Gasteiger partial charge in [0.15, 0.2) is 0 Å². The smallest absolute Gasteiger partial charge is 0.138 e. The van der Waals surface area contributed by atoms with E-state index in [9.17, 15) is 5.11 Å². The molecule has 0 aliphatic carbocycles. The molecule has 0 fully saturated rings. The number of fused-ring (bicyclic) bond motifs is 3. The fraction of sp³-hybridized carbons (Fsp3) is 0.243. The Balaban J connectivity index is 1.64. The van der Waals surface area contributed by atoms with Gasteiger partial charge in [-0.1, -0.05) is 84.0 Å². The number of hydrogen-bond acceptors (Lipinski definition) is 3. The summed E-state index contributed by atoms with van der Waals surface area (Å²) in [7, 11) is 0. The zero-order valence-electron chi connectivity index (χ0n) is 24.9. The molecule has 0 saturated carbocycles. The van der Waals surface area contributed by atoms with Crippen molar-refractivity contribution >= 4 is 21.8 Å². The Kier molecular flexibility index (Phi) is 6.26. The minimum atomic E-state index is -0.221. The molecule has 3 aromatic heterocycles. The van der Waals surface area contributed by atoms with E-state index in [-0.39, 0.29) is 10.8 Å². The molecule has 0 saturated heterocycles. The van der Waals surface area contributed by atoms with E-state index in [1.54, 1.807) is 0 Å². The lowest BCUT2D eigenvalue weighted by Crippen LogP contribution is -2.17. The van der Waals surface area contributed by atoms with Gasteiger partial charge >= 0.3 is 0 Å². The minimum absolute atomic E-state index is 0.0796. The second-order valence-corrected chi connectivity index (χ2v) is 13.1. The number of benzene rings is 3. The normalized spacial score (nSPS) is 12.4. The Labute approximate surface area is 242 Å². The zero-order valence-corrected chi connectivity index (χ0v) is 24.9. The molecule has 41 heavy (non-hydrogen) atoms. The van der Waals surface area contributed by atoms with Gasteiger partial charge in [-0.15, -0.1) is 0 Å². The molecular formula is C37H37N3O. The Hall–Kier alpha value is -4.44. The van der Waals surface area contributed by atoms with Crippen molar-refractivity contribution in [1.29, 1.82) is 0 Å². The molecule has 0 unspecified atom stereocenters. The first-order valence-corrected chi connectivity index (χ1v) is 14.2. The van der Waals surface area contributed by atoms with Crippen LogP contribution < -0.4 is 0 Å². The molecule has 3 aromatic carbocycles. The van der Waals surface area contributed by atoms with Crippen molar-refractivity contribution in [3.8, 4) is 34.1 Å². The maximum Gasteiger partial charge on any atom is 0.138 e. The number of phenols is 1. The summed E-state index contributed by atoms with van der Waals surface area (Å²) in [6.45, 7) is 15.2. The van der Waals surface area contributed by atoms with Gasteiger partial charge in [0.25, 0.3) is 0 Å². The molecule has 6 aromatic rings. The maximum absolute atomic E-state index is 11.6. The van der Waals surface area contributed by atoms with Crippen molar-refractivity contribution in [2.45, 2.75) is 59.3 Å². The van der Waals surface area contributed by atoms with Crippen LogP contribution in [0.5, 0.6) is 5.75 Å². The lowest BCUT2D eigenvalue weighted by atomic mass is 9.78. The first-order valence-electron chi connectivity index (χ1n) is 14.2. The Morgan fingerprint density at radius 3 is 2.12 bits per heavy atom. The third-order valence-corrected chi connectivity index (χ3v) is 7.88. The average molecular weight is 540 g/mol. The Morgan fingerprint density at radius 1 is 0.683 bits per heavy atom. The monoisotopic (exact) mass is 539 g/mol. The van der Waals surface area contributed by atoms with E-state index in [0.29, 0.717) is 5.75 Å². The average Bonchev–Trinajstić information content (AvgIpc) is 3.25. The number of aromatic hydroxyl groups is 1. The van der Waals surface area contributed by atoms with Gasteiger partial charge in [-0.2, -0.15) is 0 Å². The number of rotatable bonds is 3. The lowest BCUT2D eigenvalue weighted by molar-refractivity contribution is 0.446. The van der Waals surface area contributed by atoms with Crippen LogP contribution >= 0.6 is 0 Å². The second-order valence-electron chi connectivity index (χ2n) is 13.1. The molecular weight excluding hydrogens is 502 g/mol. The molecule has 6 rings (SSSR count). The second kappa shape index (κ2) is 9.59. The summed E-state index contributed by atoms with van der Waals surface area (Å²) in [5, 5.41) is 14.0. The van der Waals surface area contributed by atoms with Crippen LogP contribution in [-0.2, 0) is 10.8 Å². The largest absolute Gasteiger partial charge is 0.507 e. The van der Waals surface area contributed by atoms with E-state index in [0.717, 1.165) is 55.9 Å². The highest BCUT2D eigenvalue weighted by Crippen LogP contribution is 2.42. The first kappa shape index (κ1) is 26.8. The predicted octanol–water partition coefficient (Wildman–Crippen LogP) is 9.52. The van der Waals surface area contributed by atoms with Crippen LogP contribution in [0.3, 0.4) is 0 Å². The van der Waals surface area contributed by atoms with Crippen LogP contribution in [0.1, 0.15) is 58.2 Å². The van der Waals surface area contributed by atoms with Gasteiger partial charge in [0.2, 0.25) is 0 Å². The molecule has 0 aliphatic heterocycles. The van der Waals surface area contributed by atoms with Crippen LogP contribution in [0.4, 0.5) is 0 Å². The van der Waals surface area contributed by atoms with Gasteiger partial charge in [-0.05, 0) is 71.3 Å². The van der Waals surface area contributed by atoms with Crippen LogP contribution in [0.25, 0.3) is 50.1 Å². The quantitative estimate of drug-likeness (QED) is 0.244. The standard InChI is InChI=1S/C37H37N3O/c1-23-18-31(28-21-25(36(2,3)4)22-29(35(28)41)37(5,6)7)39-34(19-23)40-32-14-9-8-12-26(32)27-16-15-24(20-33(27)40)30-13-10-11-17-38-30/h8-22,41H,1-7H3. The van der Waals surface area contributed by atoms with Crippen LogP contribution in [0, 0.1) is 6.92 Å². The van der Waals surface area contributed by atoms with Crippen molar-refractivity contribution in [2.24, 2.45) is 0 Å². The number of para-hydroxylation sites is 1. The van der Waals surface area contributed by atoms with Crippen molar-refractivity contribution in [3.05, 3.63) is 108 Å². The minimum Gasteiger partial charge on any atom is -0.507 e. The van der Waals surface area contributed by atoms with E-state index in [1.165, 1.54) is 10.9 Å².